The van der Waals surface area contributed by atoms with Crippen LogP contribution in [-0.4, -0.2) is 15.0 Å². The fourth-order valence-electron chi connectivity index (χ4n) is 1.27. The summed E-state index contributed by atoms with van der Waals surface area (Å²) in [5.74, 6) is -0.450. The fraction of sp³-hybridized carbons (Fsp3) is 0.200. The van der Waals surface area contributed by atoms with E-state index >= 15 is 0 Å². The van der Waals surface area contributed by atoms with Crippen molar-refractivity contribution >= 4 is 11.6 Å². The molecule has 1 atom stereocenters. The Labute approximate surface area is 96.8 Å². The Balaban J connectivity index is 2.42. The van der Waals surface area contributed by atoms with E-state index in [4.69, 9.17) is 17.3 Å². The molecule has 0 radical (unpaired) electrons. The highest BCUT2D eigenvalue weighted by Gasteiger charge is 2.10. The van der Waals surface area contributed by atoms with Gasteiger partial charge in [0.2, 0.25) is 0 Å². The molecule has 6 heteroatoms. The lowest BCUT2D eigenvalue weighted by Gasteiger charge is -2.02. The van der Waals surface area contributed by atoms with Gasteiger partial charge in [-0.2, -0.15) is 0 Å². The Hall–Kier alpha value is -1.46. The van der Waals surface area contributed by atoms with Gasteiger partial charge in [0.15, 0.2) is 0 Å². The number of halogens is 2. The van der Waals surface area contributed by atoms with Gasteiger partial charge in [-0.1, -0.05) is 16.8 Å². The van der Waals surface area contributed by atoms with Crippen molar-refractivity contribution in [3.05, 3.63) is 40.9 Å². The number of nitrogens with zero attached hydrogens (tertiary/aromatic N) is 3. The highest BCUT2D eigenvalue weighted by Crippen LogP contribution is 2.18. The van der Waals surface area contributed by atoms with Crippen LogP contribution in [0.2, 0.25) is 5.02 Å². The average molecular weight is 241 g/mol. The summed E-state index contributed by atoms with van der Waals surface area (Å²) in [4.78, 5) is 0. The van der Waals surface area contributed by atoms with E-state index in [0.29, 0.717) is 16.4 Å². The molecule has 1 heterocycles. The minimum absolute atomic E-state index is 0.232. The quantitative estimate of drug-likeness (QED) is 0.874. The normalized spacial score (nSPS) is 12.8. The van der Waals surface area contributed by atoms with Crippen LogP contribution in [0.4, 0.5) is 4.39 Å². The van der Waals surface area contributed by atoms with E-state index in [1.54, 1.807) is 19.2 Å². The lowest BCUT2D eigenvalue weighted by Crippen LogP contribution is -2.05. The zero-order chi connectivity index (χ0) is 11.7. The molecule has 2 rings (SSSR count). The first kappa shape index (κ1) is 11.0. The molecule has 0 bridgehead atoms. The van der Waals surface area contributed by atoms with Crippen molar-refractivity contribution in [3.8, 4) is 5.69 Å². The third kappa shape index (κ3) is 2.05. The lowest BCUT2D eigenvalue weighted by molar-refractivity contribution is 0.607. The molecule has 0 fully saturated rings. The van der Waals surface area contributed by atoms with Crippen molar-refractivity contribution in [1.82, 2.24) is 15.0 Å². The van der Waals surface area contributed by atoms with Gasteiger partial charge in [0.25, 0.3) is 0 Å². The Kier molecular flexibility index (Phi) is 2.89. The van der Waals surface area contributed by atoms with E-state index in [1.165, 1.54) is 16.8 Å². The third-order valence-electron chi connectivity index (χ3n) is 2.13. The van der Waals surface area contributed by atoms with E-state index in [1.807, 2.05) is 0 Å². The number of benzene rings is 1. The topological polar surface area (TPSA) is 56.7 Å². The molecule has 1 aromatic carbocycles. The van der Waals surface area contributed by atoms with Crippen LogP contribution in [0.3, 0.4) is 0 Å². The molecule has 1 aromatic heterocycles. The van der Waals surface area contributed by atoms with Gasteiger partial charge in [0, 0.05) is 11.1 Å². The first-order valence-corrected chi connectivity index (χ1v) is 5.09. The molecule has 0 aliphatic carbocycles. The summed E-state index contributed by atoms with van der Waals surface area (Å²) in [6, 6.07) is 4.12. The molecule has 84 valence electrons. The van der Waals surface area contributed by atoms with Crippen LogP contribution < -0.4 is 5.73 Å². The number of hydrogen-bond acceptors (Lipinski definition) is 3. The van der Waals surface area contributed by atoms with E-state index in [-0.39, 0.29) is 6.04 Å². The van der Waals surface area contributed by atoms with Gasteiger partial charge in [-0.05, 0) is 25.1 Å². The standard InChI is InChI=1S/C10H10ClFN4/c1-6(13)9-5-16(15-14-9)10-3-2-7(11)4-8(10)12/h2-6H,13H2,1H3. The summed E-state index contributed by atoms with van der Waals surface area (Å²) in [7, 11) is 0. The monoisotopic (exact) mass is 240 g/mol. The van der Waals surface area contributed by atoms with Crippen LogP contribution in [0.5, 0.6) is 0 Å². The van der Waals surface area contributed by atoms with E-state index in [2.05, 4.69) is 10.3 Å². The molecule has 0 amide bonds. The van der Waals surface area contributed by atoms with Crippen LogP contribution in [-0.2, 0) is 0 Å². The molecule has 16 heavy (non-hydrogen) atoms. The summed E-state index contributed by atoms with van der Waals surface area (Å²) in [5, 5.41) is 7.99. The highest BCUT2D eigenvalue weighted by molar-refractivity contribution is 6.30. The Morgan fingerprint density at radius 1 is 1.50 bits per heavy atom. The molecule has 0 spiro atoms. The van der Waals surface area contributed by atoms with Gasteiger partial charge < -0.3 is 5.73 Å². The molecular weight excluding hydrogens is 231 g/mol. The van der Waals surface area contributed by atoms with Crippen LogP contribution in [0.1, 0.15) is 18.7 Å². The number of rotatable bonds is 2. The van der Waals surface area contributed by atoms with E-state index < -0.39 is 5.82 Å². The molecule has 2 aromatic rings. The maximum atomic E-state index is 13.5. The number of nitrogens with two attached hydrogens (primary N) is 1. The molecule has 0 aliphatic rings. The summed E-state index contributed by atoms with van der Waals surface area (Å²) >= 11 is 5.65. The molecule has 4 nitrogen and oxygen atoms in total. The van der Waals surface area contributed by atoms with Gasteiger partial charge in [-0.15, -0.1) is 5.10 Å². The van der Waals surface area contributed by atoms with Crippen molar-refractivity contribution < 1.29 is 4.39 Å². The second-order valence-corrected chi connectivity index (χ2v) is 3.91. The largest absolute Gasteiger partial charge is 0.323 e. The van der Waals surface area contributed by atoms with Crippen molar-refractivity contribution in [3.63, 3.8) is 0 Å². The molecule has 2 N–H and O–H groups in total. The predicted molar refractivity (Wildman–Crippen MR) is 58.9 cm³/mol. The Bertz CT molecular complexity index is 509. The van der Waals surface area contributed by atoms with Gasteiger partial charge in [0.1, 0.15) is 11.5 Å². The molecular formula is C10H10ClFN4. The number of aromatic nitrogens is 3. The van der Waals surface area contributed by atoms with Crippen LogP contribution in [0, 0.1) is 5.82 Å². The molecule has 0 saturated carbocycles. The molecule has 1 unspecified atom stereocenters. The van der Waals surface area contributed by atoms with E-state index in [0.717, 1.165) is 0 Å². The summed E-state index contributed by atoms with van der Waals surface area (Å²) in [6.07, 6.45) is 1.59. The average Bonchev–Trinajstić information content (AvgIpc) is 2.66. The SMILES string of the molecule is CC(N)c1cn(-c2ccc(Cl)cc2F)nn1. The van der Waals surface area contributed by atoms with Crippen molar-refractivity contribution in [2.45, 2.75) is 13.0 Å². The van der Waals surface area contributed by atoms with Crippen LogP contribution in [0.15, 0.2) is 24.4 Å². The fourth-order valence-corrected chi connectivity index (χ4v) is 1.43. The van der Waals surface area contributed by atoms with Gasteiger partial charge in [-0.3, -0.25) is 0 Å². The van der Waals surface area contributed by atoms with Crippen molar-refractivity contribution in [2.75, 3.05) is 0 Å². The summed E-state index contributed by atoms with van der Waals surface area (Å²) in [6.45, 7) is 1.78. The second kappa shape index (κ2) is 4.19. The number of hydrogen-bond donors (Lipinski definition) is 1. The Morgan fingerprint density at radius 3 is 2.81 bits per heavy atom. The van der Waals surface area contributed by atoms with Crippen molar-refractivity contribution in [2.24, 2.45) is 5.73 Å². The maximum absolute atomic E-state index is 13.5. The predicted octanol–water partition coefficient (Wildman–Crippen LogP) is 2.08. The maximum Gasteiger partial charge on any atom is 0.150 e. The Morgan fingerprint density at radius 2 is 2.25 bits per heavy atom. The minimum Gasteiger partial charge on any atom is -0.323 e. The summed E-state index contributed by atoms with van der Waals surface area (Å²) in [5.41, 5.74) is 6.54. The molecule has 0 saturated heterocycles. The summed E-state index contributed by atoms with van der Waals surface area (Å²) < 4.78 is 14.9. The first-order valence-electron chi connectivity index (χ1n) is 4.71. The minimum atomic E-state index is -0.450. The second-order valence-electron chi connectivity index (χ2n) is 3.47. The highest BCUT2D eigenvalue weighted by atomic mass is 35.5. The van der Waals surface area contributed by atoms with Crippen molar-refractivity contribution in [1.29, 1.82) is 0 Å². The lowest BCUT2D eigenvalue weighted by atomic mass is 10.3. The van der Waals surface area contributed by atoms with Crippen LogP contribution >= 0.6 is 11.6 Å². The first-order chi connectivity index (χ1) is 7.58. The van der Waals surface area contributed by atoms with Gasteiger partial charge >= 0.3 is 0 Å². The van der Waals surface area contributed by atoms with E-state index in [9.17, 15) is 4.39 Å². The van der Waals surface area contributed by atoms with Crippen LogP contribution in [0.25, 0.3) is 5.69 Å². The zero-order valence-corrected chi connectivity index (χ0v) is 9.32. The molecule has 0 aliphatic heterocycles. The van der Waals surface area contributed by atoms with Gasteiger partial charge in [0.05, 0.1) is 11.9 Å². The smallest absolute Gasteiger partial charge is 0.150 e. The third-order valence-corrected chi connectivity index (χ3v) is 2.37. The van der Waals surface area contributed by atoms with Gasteiger partial charge in [-0.25, -0.2) is 9.07 Å². The zero-order valence-electron chi connectivity index (χ0n) is 8.56.